The van der Waals surface area contributed by atoms with Crippen LogP contribution in [0.15, 0.2) is 66.9 Å². The van der Waals surface area contributed by atoms with E-state index in [0.29, 0.717) is 22.9 Å². The van der Waals surface area contributed by atoms with Crippen LogP contribution in [0, 0.1) is 0 Å². The molecule has 2 heterocycles. The second-order valence-electron chi connectivity index (χ2n) is 5.41. The Bertz CT molecular complexity index is 1020. The van der Waals surface area contributed by atoms with Crippen molar-refractivity contribution < 1.29 is 13.2 Å². The van der Waals surface area contributed by atoms with E-state index in [-0.39, 0.29) is 0 Å². The molecule has 0 fully saturated rings. The van der Waals surface area contributed by atoms with Gasteiger partial charge in [0, 0.05) is 17.2 Å². The van der Waals surface area contributed by atoms with Crippen LogP contribution in [0.5, 0.6) is 0 Å². The Kier molecular flexibility index (Phi) is 3.49. The number of fused-ring (bicyclic) bond motifs is 1. The van der Waals surface area contributed by atoms with Crippen LogP contribution in [-0.4, -0.2) is 19.6 Å². The molecule has 0 spiro atoms. The molecule has 2 aromatic carbocycles. The van der Waals surface area contributed by atoms with E-state index in [9.17, 15) is 13.2 Å². The Morgan fingerprint density at radius 1 is 0.760 bits per heavy atom. The van der Waals surface area contributed by atoms with Gasteiger partial charge >= 0.3 is 6.18 Å². The highest BCUT2D eigenvalue weighted by Crippen LogP contribution is 2.31. The first-order valence-corrected chi connectivity index (χ1v) is 7.47. The average Bonchev–Trinajstić information content (AvgIpc) is 3.09. The molecule has 0 aliphatic carbocycles. The predicted octanol–water partition coefficient (Wildman–Crippen LogP) is 4.48. The van der Waals surface area contributed by atoms with Crippen LogP contribution in [-0.2, 0) is 6.18 Å². The molecule has 0 aliphatic rings. The molecule has 0 unspecified atom stereocenters. The van der Waals surface area contributed by atoms with E-state index < -0.39 is 11.7 Å². The van der Waals surface area contributed by atoms with Crippen LogP contribution in [0.1, 0.15) is 5.56 Å². The lowest BCUT2D eigenvalue weighted by Gasteiger charge is -2.09. The summed E-state index contributed by atoms with van der Waals surface area (Å²) in [5, 5.41) is 4.17. The zero-order valence-corrected chi connectivity index (χ0v) is 12.8. The highest BCUT2D eigenvalue weighted by Gasteiger charge is 2.30. The molecule has 0 aliphatic heterocycles. The lowest BCUT2D eigenvalue weighted by Crippen LogP contribution is -2.05. The first kappa shape index (κ1) is 15.3. The molecular formula is C18H11F3N4. The number of hydrogen-bond donors (Lipinski definition) is 0. The minimum atomic E-state index is -4.37. The van der Waals surface area contributed by atoms with E-state index in [4.69, 9.17) is 0 Å². The molecule has 0 N–H and O–H groups in total. The summed E-state index contributed by atoms with van der Waals surface area (Å²) in [6.45, 7) is 0. The van der Waals surface area contributed by atoms with Gasteiger partial charge in [0.25, 0.3) is 0 Å². The van der Waals surface area contributed by atoms with Crippen LogP contribution in [0.2, 0.25) is 0 Å². The summed E-state index contributed by atoms with van der Waals surface area (Å²) < 4.78 is 39.8. The number of nitrogens with zero attached hydrogens (tertiary/aromatic N) is 4. The highest BCUT2D eigenvalue weighted by atomic mass is 19.4. The third-order valence-corrected chi connectivity index (χ3v) is 3.76. The second-order valence-corrected chi connectivity index (χ2v) is 5.41. The van der Waals surface area contributed by atoms with Crippen molar-refractivity contribution in [2.24, 2.45) is 0 Å². The van der Waals surface area contributed by atoms with Crippen LogP contribution >= 0.6 is 0 Å². The largest absolute Gasteiger partial charge is 0.416 e. The molecule has 4 aromatic rings. The second kappa shape index (κ2) is 5.70. The molecule has 7 heteroatoms. The van der Waals surface area contributed by atoms with E-state index in [0.717, 1.165) is 17.7 Å². The molecule has 25 heavy (non-hydrogen) atoms. The third-order valence-electron chi connectivity index (χ3n) is 3.76. The van der Waals surface area contributed by atoms with E-state index in [1.807, 2.05) is 30.3 Å². The van der Waals surface area contributed by atoms with E-state index >= 15 is 0 Å². The molecule has 0 atom stereocenters. The number of rotatable bonds is 2. The van der Waals surface area contributed by atoms with Gasteiger partial charge in [-0.05, 0) is 12.1 Å². The SMILES string of the molecule is FC(F)(F)c1ccc(-c2nc(-c3ccccc3)nc3ccnn23)cc1. The predicted molar refractivity (Wildman–Crippen MR) is 86.7 cm³/mol. The standard InChI is InChI=1S/C18H11F3N4/c19-18(20,21)14-8-6-13(7-9-14)17-24-16(12-4-2-1-3-5-12)23-15-10-11-22-25(15)17/h1-11H. The Balaban J connectivity index is 1.88. The van der Waals surface area contributed by atoms with Gasteiger partial charge in [-0.3, -0.25) is 0 Å². The maximum atomic E-state index is 12.8. The number of benzene rings is 2. The van der Waals surface area contributed by atoms with Crippen molar-refractivity contribution in [3.63, 3.8) is 0 Å². The zero-order chi connectivity index (χ0) is 17.4. The minimum absolute atomic E-state index is 0.433. The van der Waals surface area contributed by atoms with Crippen LogP contribution in [0.3, 0.4) is 0 Å². The van der Waals surface area contributed by atoms with Gasteiger partial charge in [0.15, 0.2) is 17.3 Å². The summed E-state index contributed by atoms with van der Waals surface area (Å²) in [6.07, 6.45) is -2.80. The zero-order valence-electron chi connectivity index (χ0n) is 12.8. The van der Waals surface area contributed by atoms with Gasteiger partial charge in [0.1, 0.15) is 0 Å². The summed E-state index contributed by atoms with van der Waals surface area (Å²) in [6, 6.07) is 16.0. The minimum Gasteiger partial charge on any atom is -0.209 e. The topological polar surface area (TPSA) is 43.1 Å². The lowest BCUT2D eigenvalue weighted by atomic mass is 10.1. The summed E-state index contributed by atoms with van der Waals surface area (Å²) in [5.41, 5.74) is 1.22. The molecule has 124 valence electrons. The monoisotopic (exact) mass is 340 g/mol. The normalized spacial score (nSPS) is 11.8. The number of alkyl halides is 3. The summed E-state index contributed by atoms with van der Waals surface area (Å²) in [7, 11) is 0. The van der Waals surface area contributed by atoms with E-state index in [2.05, 4.69) is 15.1 Å². The molecule has 4 rings (SSSR count). The van der Waals surface area contributed by atoms with E-state index in [1.54, 1.807) is 12.3 Å². The highest BCUT2D eigenvalue weighted by molar-refractivity contribution is 5.65. The van der Waals surface area contributed by atoms with E-state index in [1.165, 1.54) is 16.6 Å². The molecule has 0 saturated heterocycles. The average molecular weight is 340 g/mol. The van der Waals surface area contributed by atoms with Crippen molar-refractivity contribution in [1.82, 2.24) is 19.6 Å². The van der Waals surface area contributed by atoms with Crippen LogP contribution in [0.25, 0.3) is 28.4 Å². The number of halogens is 3. The third kappa shape index (κ3) is 2.84. The van der Waals surface area contributed by atoms with Crippen LogP contribution in [0.4, 0.5) is 13.2 Å². The Morgan fingerprint density at radius 3 is 2.16 bits per heavy atom. The maximum Gasteiger partial charge on any atom is 0.416 e. The van der Waals surface area contributed by atoms with Crippen molar-refractivity contribution in [3.8, 4) is 22.8 Å². The number of hydrogen-bond acceptors (Lipinski definition) is 3. The smallest absolute Gasteiger partial charge is 0.209 e. The van der Waals surface area contributed by atoms with Gasteiger partial charge in [0.05, 0.1) is 11.8 Å². The Labute approximate surface area is 140 Å². The fourth-order valence-electron chi connectivity index (χ4n) is 2.54. The van der Waals surface area contributed by atoms with Crippen molar-refractivity contribution in [2.75, 3.05) is 0 Å². The van der Waals surface area contributed by atoms with Crippen LogP contribution < -0.4 is 0 Å². The van der Waals surface area contributed by atoms with Crippen molar-refractivity contribution in [2.45, 2.75) is 6.18 Å². The molecular weight excluding hydrogens is 329 g/mol. The van der Waals surface area contributed by atoms with Gasteiger partial charge in [-0.2, -0.15) is 22.8 Å². The molecule has 0 amide bonds. The van der Waals surface area contributed by atoms with Gasteiger partial charge in [-0.15, -0.1) is 0 Å². The first-order chi connectivity index (χ1) is 12.0. The van der Waals surface area contributed by atoms with Crippen molar-refractivity contribution >= 4 is 5.65 Å². The summed E-state index contributed by atoms with van der Waals surface area (Å²) in [5.74, 6) is 0.922. The molecule has 0 radical (unpaired) electrons. The number of aromatic nitrogens is 4. The van der Waals surface area contributed by atoms with Crippen molar-refractivity contribution in [1.29, 1.82) is 0 Å². The quantitative estimate of drug-likeness (QED) is 0.540. The summed E-state index contributed by atoms with van der Waals surface area (Å²) in [4.78, 5) is 8.97. The van der Waals surface area contributed by atoms with Gasteiger partial charge in [-0.25, -0.2) is 9.97 Å². The molecule has 4 nitrogen and oxygen atoms in total. The molecule has 2 aromatic heterocycles. The van der Waals surface area contributed by atoms with Gasteiger partial charge in [-0.1, -0.05) is 42.5 Å². The fraction of sp³-hybridized carbons (Fsp3) is 0.0556. The lowest BCUT2D eigenvalue weighted by molar-refractivity contribution is -0.137. The van der Waals surface area contributed by atoms with Gasteiger partial charge in [0.2, 0.25) is 0 Å². The van der Waals surface area contributed by atoms with Gasteiger partial charge < -0.3 is 0 Å². The first-order valence-electron chi connectivity index (χ1n) is 7.47. The molecule has 0 bridgehead atoms. The maximum absolute atomic E-state index is 12.8. The van der Waals surface area contributed by atoms with Crippen molar-refractivity contribution in [3.05, 3.63) is 72.4 Å². The Morgan fingerprint density at radius 2 is 1.48 bits per heavy atom. The summed E-state index contributed by atoms with van der Waals surface area (Å²) >= 11 is 0. The molecule has 0 saturated carbocycles. The fourth-order valence-corrected chi connectivity index (χ4v) is 2.54. The Hall–Kier alpha value is -3.22.